The molecule has 0 aliphatic heterocycles. The van der Waals surface area contributed by atoms with Crippen LogP contribution in [-0.4, -0.2) is 30.6 Å². The van der Waals surface area contributed by atoms with E-state index in [4.69, 9.17) is 27.9 Å². The summed E-state index contributed by atoms with van der Waals surface area (Å²) in [6.07, 6.45) is 0.504. The molecule has 0 saturated carbocycles. The summed E-state index contributed by atoms with van der Waals surface area (Å²) in [5, 5.41) is 23.0. The van der Waals surface area contributed by atoms with Gasteiger partial charge in [0.2, 0.25) is 0 Å². The minimum absolute atomic E-state index is 0.0956. The van der Waals surface area contributed by atoms with Gasteiger partial charge < -0.3 is 15.2 Å². The fourth-order valence-corrected chi connectivity index (χ4v) is 5.36. The van der Waals surface area contributed by atoms with Crippen molar-refractivity contribution in [3.63, 3.8) is 0 Å². The first-order valence-electron chi connectivity index (χ1n) is 11.7. The Hall–Kier alpha value is -3.70. The fraction of sp³-hybridized carbons (Fsp3) is 0.148. The van der Waals surface area contributed by atoms with Crippen LogP contribution in [0.1, 0.15) is 29.8 Å². The largest absolute Gasteiger partial charge is 0.505 e. The van der Waals surface area contributed by atoms with Gasteiger partial charge in [0, 0.05) is 5.39 Å². The number of nitrogens with one attached hydrogen (secondary N) is 1. The van der Waals surface area contributed by atoms with Crippen LogP contribution < -0.4 is 10.1 Å². The topological polar surface area (TPSA) is 138 Å². The third kappa shape index (κ3) is 5.99. The zero-order chi connectivity index (χ0) is 28.3. The maximum absolute atomic E-state index is 13.3. The molecule has 0 aliphatic rings. The number of aryl methyl sites for hydroxylation is 1. The summed E-state index contributed by atoms with van der Waals surface area (Å²) in [4.78, 5) is 12.7. The Bertz CT molecular complexity index is 1720. The van der Waals surface area contributed by atoms with E-state index in [0.717, 1.165) is 0 Å². The molecule has 0 atom stereocenters. The molecule has 0 spiro atoms. The molecule has 3 N–H and O–H groups in total. The van der Waals surface area contributed by atoms with Gasteiger partial charge in [-0.1, -0.05) is 60.5 Å². The molecule has 0 fully saturated rings. The lowest BCUT2D eigenvalue weighted by molar-refractivity contribution is 0.102. The van der Waals surface area contributed by atoms with E-state index >= 15 is 0 Å². The predicted octanol–water partition coefficient (Wildman–Crippen LogP) is 7.73. The Morgan fingerprint density at radius 2 is 1.74 bits per heavy atom. The summed E-state index contributed by atoms with van der Waals surface area (Å²) in [6.45, 7) is 3.95. The van der Waals surface area contributed by atoms with Crippen molar-refractivity contribution in [2.24, 2.45) is 10.2 Å². The summed E-state index contributed by atoms with van der Waals surface area (Å²) in [5.74, 6) is -0.853. The number of phenolic OH excluding ortho intramolecular Hbond substituents is 1. The molecule has 1 amide bonds. The third-order valence-corrected chi connectivity index (χ3v) is 7.43. The zero-order valence-electron chi connectivity index (χ0n) is 20.8. The molecule has 4 rings (SSSR count). The number of hydrogen-bond donors (Lipinski definition) is 3. The van der Waals surface area contributed by atoms with Gasteiger partial charge in [0.05, 0.1) is 22.2 Å². The van der Waals surface area contributed by atoms with Crippen molar-refractivity contribution in [3.8, 4) is 11.5 Å². The minimum atomic E-state index is -4.75. The summed E-state index contributed by atoms with van der Waals surface area (Å²) in [5.41, 5.74) is 0.415. The van der Waals surface area contributed by atoms with Crippen molar-refractivity contribution in [1.29, 1.82) is 0 Å². The number of halogens is 2. The lowest BCUT2D eigenvalue weighted by Gasteiger charge is -2.15. The highest BCUT2D eigenvalue weighted by Crippen LogP contribution is 2.42. The molecule has 12 heteroatoms. The van der Waals surface area contributed by atoms with E-state index in [2.05, 4.69) is 15.5 Å². The van der Waals surface area contributed by atoms with Crippen LogP contribution >= 0.6 is 23.2 Å². The van der Waals surface area contributed by atoms with Crippen LogP contribution in [0, 0.1) is 0 Å². The average Bonchev–Trinajstić information content (AvgIpc) is 2.88. The SMILES string of the molecule is CCOc1cccc(Cl)c1NC(=O)c1cc2ccccc2c(N=Nc2cc(CC)cc(Cl)c2S(=O)(=O)O)c1O. The summed E-state index contributed by atoms with van der Waals surface area (Å²) in [7, 11) is -4.75. The van der Waals surface area contributed by atoms with Gasteiger partial charge in [-0.2, -0.15) is 8.42 Å². The quantitative estimate of drug-likeness (QED) is 0.142. The second-order valence-electron chi connectivity index (χ2n) is 8.30. The highest BCUT2D eigenvalue weighted by Gasteiger charge is 2.23. The Morgan fingerprint density at radius 3 is 2.44 bits per heavy atom. The van der Waals surface area contributed by atoms with E-state index in [1.54, 1.807) is 49.4 Å². The second kappa shape index (κ2) is 11.6. The number of nitrogens with zero attached hydrogens (tertiary/aromatic N) is 2. The minimum Gasteiger partial charge on any atom is -0.505 e. The first-order valence-corrected chi connectivity index (χ1v) is 13.9. The van der Waals surface area contributed by atoms with Crippen LogP contribution in [0.2, 0.25) is 10.0 Å². The molecular weight excluding hydrogens is 565 g/mol. The lowest BCUT2D eigenvalue weighted by atomic mass is 10.0. The molecule has 0 bridgehead atoms. The predicted molar refractivity (Wildman–Crippen MR) is 151 cm³/mol. The van der Waals surface area contributed by atoms with Crippen molar-refractivity contribution in [3.05, 3.63) is 81.8 Å². The number of azo groups is 1. The number of anilines is 1. The van der Waals surface area contributed by atoms with Crippen molar-refractivity contribution in [2.75, 3.05) is 11.9 Å². The summed E-state index contributed by atoms with van der Waals surface area (Å²) in [6, 6.07) is 16.0. The van der Waals surface area contributed by atoms with Gasteiger partial charge in [0.25, 0.3) is 16.0 Å². The summed E-state index contributed by atoms with van der Waals surface area (Å²) < 4.78 is 39.4. The van der Waals surface area contributed by atoms with E-state index < -0.39 is 26.7 Å². The van der Waals surface area contributed by atoms with Crippen LogP contribution in [0.15, 0.2) is 75.8 Å². The van der Waals surface area contributed by atoms with Crippen LogP contribution in [0.25, 0.3) is 10.8 Å². The highest BCUT2D eigenvalue weighted by molar-refractivity contribution is 7.86. The Balaban J connectivity index is 1.86. The van der Waals surface area contributed by atoms with Crippen molar-refractivity contribution < 1.29 is 27.6 Å². The van der Waals surface area contributed by atoms with Crippen LogP contribution in [0.4, 0.5) is 17.1 Å². The normalized spacial score (nSPS) is 11.7. The van der Waals surface area contributed by atoms with Gasteiger partial charge in [-0.3, -0.25) is 9.35 Å². The van der Waals surface area contributed by atoms with E-state index in [1.807, 2.05) is 6.92 Å². The first-order chi connectivity index (χ1) is 18.5. The second-order valence-corrected chi connectivity index (χ2v) is 10.5. The smallest absolute Gasteiger partial charge is 0.298 e. The summed E-state index contributed by atoms with van der Waals surface area (Å²) >= 11 is 12.4. The number of carbonyl (C=O) groups is 1. The van der Waals surface area contributed by atoms with Gasteiger partial charge in [-0.25, -0.2) is 0 Å². The lowest BCUT2D eigenvalue weighted by Crippen LogP contribution is -2.14. The van der Waals surface area contributed by atoms with Crippen LogP contribution in [0.3, 0.4) is 0 Å². The van der Waals surface area contributed by atoms with Crippen LogP contribution in [-0.2, 0) is 16.5 Å². The number of fused-ring (bicyclic) bond motifs is 1. The third-order valence-electron chi connectivity index (χ3n) is 5.76. The van der Waals surface area contributed by atoms with Gasteiger partial charge in [-0.15, -0.1) is 10.2 Å². The Morgan fingerprint density at radius 1 is 1.00 bits per heavy atom. The number of para-hydroxylation sites is 1. The van der Waals surface area contributed by atoms with Crippen molar-refractivity contribution in [2.45, 2.75) is 25.2 Å². The standard InChI is InChI=1S/C27H23Cl2N3O6S/c1-3-15-12-20(29)26(39(35,36)37)21(13-15)31-32-23-17-9-6-5-8-16(17)14-18(25(23)33)27(34)30-24-19(28)10-7-11-22(24)38-4-2/h5-14,33H,3-4H2,1-2H3,(H,30,34)(H,35,36,37). The van der Waals surface area contributed by atoms with E-state index in [0.29, 0.717) is 35.1 Å². The molecule has 0 saturated heterocycles. The number of ether oxygens (including phenoxy) is 1. The van der Waals surface area contributed by atoms with Gasteiger partial charge >= 0.3 is 0 Å². The van der Waals surface area contributed by atoms with Gasteiger partial charge in [0.15, 0.2) is 5.75 Å². The number of hydrogen-bond acceptors (Lipinski definition) is 7. The molecule has 9 nitrogen and oxygen atoms in total. The molecule has 0 unspecified atom stereocenters. The number of phenols is 1. The maximum atomic E-state index is 13.3. The first kappa shape index (κ1) is 28.3. The number of aromatic hydroxyl groups is 1. The average molecular weight is 588 g/mol. The van der Waals surface area contributed by atoms with E-state index in [9.17, 15) is 22.9 Å². The number of amides is 1. The van der Waals surface area contributed by atoms with Gasteiger partial charge in [0.1, 0.15) is 27.7 Å². The molecule has 39 heavy (non-hydrogen) atoms. The van der Waals surface area contributed by atoms with Crippen molar-refractivity contribution in [1.82, 2.24) is 0 Å². The highest BCUT2D eigenvalue weighted by atomic mass is 35.5. The van der Waals surface area contributed by atoms with E-state index in [-0.39, 0.29) is 32.7 Å². The molecule has 0 heterocycles. The number of benzene rings is 4. The number of carbonyl (C=O) groups excluding carboxylic acids is 1. The molecule has 4 aromatic rings. The van der Waals surface area contributed by atoms with Crippen LogP contribution in [0.5, 0.6) is 11.5 Å². The molecule has 202 valence electrons. The van der Waals surface area contributed by atoms with Gasteiger partial charge in [-0.05, 0) is 54.6 Å². The van der Waals surface area contributed by atoms with Crippen molar-refractivity contribution >= 4 is 67.1 Å². The monoisotopic (exact) mass is 587 g/mol. The number of rotatable bonds is 8. The zero-order valence-corrected chi connectivity index (χ0v) is 23.1. The maximum Gasteiger partial charge on any atom is 0.298 e. The van der Waals surface area contributed by atoms with E-state index in [1.165, 1.54) is 18.2 Å². The fourth-order valence-electron chi connectivity index (χ4n) is 3.95. The molecule has 0 aliphatic carbocycles. The molecular formula is C27H23Cl2N3O6S. The molecule has 4 aromatic carbocycles. The Kier molecular flexibility index (Phi) is 8.41. The Labute approximate surface area is 234 Å². The molecule has 0 aromatic heterocycles. The molecule has 0 radical (unpaired) electrons.